The van der Waals surface area contributed by atoms with Crippen molar-refractivity contribution >= 4 is 21.6 Å². The Hall–Kier alpha value is -1.76. The summed E-state index contributed by atoms with van der Waals surface area (Å²) in [4.78, 5) is 10.5. The first-order valence-electron chi connectivity index (χ1n) is 3.95. The van der Waals surface area contributed by atoms with Gasteiger partial charge in [0.15, 0.2) is 0 Å². The van der Waals surface area contributed by atoms with Gasteiger partial charge in [0.2, 0.25) is 5.91 Å². The molecule has 0 unspecified atom stereocenters. The molecule has 0 bridgehead atoms. The number of hydrogen-bond donors (Lipinski definition) is 1. The largest absolute Gasteiger partial charge is 0.695 e. The van der Waals surface area contributed by atoms with E-state index in [0.29, 0.717) is 5.69 Å². The van der Waals surface area contributed by atoms with Crippen molar-refractivity contribution in [2.24, 2.45) is 4.52 Å². The first kappa shape index (κ1) is 11.3. The molecule has 0 saturated carbocycles. The van der Waals surface area contributed by atoms with Gasteiger partial charge in [-0.25, -0.2) is 8.42 Å². The van der Waals surface area contributed by atoms with Crippen LogP contribution in [0, 0.1) is 0 Å². The SMILES string of the molecule is CC(=O)Nc1ccc(S(=O)(=O)N=[N-])cc1. The highest BCUT2D eigenvalue weighted by Crippen LogP contribution is 2.15. The molecule has 0 fully saturated rings. The Morgan fingerprint density at radius 3 is 2.27 bits per heavy atom. The van der Waals surface area contributed by atoms with E-state index >= 15 is 0 Å². The van der Waals surface area contributed by atoms with Gasteiger partial charge in [-0.2, -0.15) is 0 Å². The Labute approximate surface area is 86.9 Å². The minimum Gasteiger partial charge on any atom is -0.695 e. The molecule has 1 N–H and O–H groups in total. The molecule has 1 amide bonds. The summed E-state index contributed by atoms with van der Waals surface area (Å²) < 4.78 is 24.3. The maximum Gasteiger partial charge on any atom is 0.263 e. The summed E-state index contributed by atoms with van der Waals surface area (Å²) >= 11 is 0. The van der Waals surface area contributed by atoms with E-state index in [1.807, 2.05) is 0 Å². The topological polar surface area (TPSA) is 97.9 Å². The Bertz CT molecular complexity index is 478. The quantitative estimate of drug-likeness (QED) is 0.787. The van der Waals surface area contributed by atoms with Crippen LogP contribution in [-0.4, -0.2) is 14.3 Å². The van der Waals surface area contributed by atoms with Crippen molar-refractivity contribution in [2.45, 2.75) is 11.8 Å². The monoisotopic (exact) mass is 226 g/mol. The lowest BCUT2D eigenvalue weighted by Gasteiger charge is -2.04. The van der Waals surface area contributed by atoms with Crippen molar-refractivity contribution in [2.75, 3.05) is 5.32 Å². The van der Waals surface area contributed by atoms with Crippen LogP contribution in [0.1, 0.15) is 6.92 Å². The molecule has 0 atom stereocenters. The second-order valence-electron chi connectivity index (χ2n) is 2.76. The van der Waals surface area contributed by atoms with Crippen LogP contribution in [0.2, 0.25) is 0 Å². The molecule has 80 valence electrons. The zero-order valence-corrected chi connectivity index (χ0v) is 8.65. The molecular formula is C8H8N3O3S-. The third kappa shape index (κ3) is 2.84. The predicted octanol–water partition coefficient (Wildman–Crippen LogP) is 1.36. The van der Waals surface area contributed by atoms with Gasteiger partial charge in [-0.1, -0.05) is 0 Å². The smallest absolute Gasteiger partial charge is 0.263 e. The van der Waals surface area contributed by atoms with Crippen molar-refractivity contribution in [3.63, 3.8) is 0 Å². The van der Waals surface area contributed by atoms with Gasteiger partial charge in [0.05, 0.1) is 4.90 Å². The van der Waals surface area contributed by atoms with E-state index < -0.39 is 10.0 Å². The summed E-state index contributed by atoms with van der Waals surface area (Å²) in [7, 11) is -3.98. The van der Waals surface area contributed by atoms with Gasteiger partial charge in [-0.3, -0.25) is 4.79 Å². The number of carbonyl (C=O) groups excluding carboxylic acids is 1. The van der Waals surface area contributed by atoms with E-state index in [2.05, 4.69) is 9.84 Å². The fraction of sp³-hybridized carbons (Fsp3) is 0.125. The van der Waals surface area contributed by atoms with Crippen molar-refractivity contribution in [1.82, 2.24) is 0 Å². The van der Waals surface area contributed by atoms with Gasteiger partial charge in [0, 0.05) is 12.6 Å². The van der Waals surface area contributed by atoms with Crippen LogP contribution in [0.5, 0.6) is 0 Å². The van der Waals surface area contributed by atoms with Crippen LogP contribution < -0.4 is 5.32 Å². The highest BCUT2D eigenvalue weighted by Gasteiger charge is 2.08. The van der Waals surface area contributed by atoms with Gasteiger partial charge >= 0.3 is 0 Å². The molecule has 0 aliphatic carbocycles. The molecule has 0 aromatic heterocycles. The molecule has 15 heavy (non-hydrogen) atoms. The van der Waals surface area contributed by atoms with E-state index in [0.717, 1.165) is 0 Å². The van der Waals surface area contributed by atoms with Crippen LogP contribution in [0.4, 0.5) is 5.69 Å². The molecule has 1 aromatic rings. The maximum absolute atomic E-state index is 11.0. The van der Waals surface area contributed by atoms with E-state index in [-0.39, 0.29) is 10.8 Å². The Balaban J connectivity index is 3.00. The van der Waals surface area contributed by atoms with Gasteiger partial charge in [0.1, 0.15) is 0 Å². The van der Waals surface area contributed by atoms with Gasteiger partial charge in [0.25, 0.3) is 10.0 Å². The minimum absolute atomic E-state index is 0.140. The molecule has 7 heteroatoms. The molecular weight excluding hydrogens is 218 g/mol. The van der Waals surface area contributed by atoms with E-state index in [4.69, 9.17) is 5.53 Å². The molecule has 1 aromatic carbocycles. The number of hydrogen-bond acceptors (Lipinski definition) is 3. The van der Waals surface area contributed by atoms with E-state index in [1.165, 1.54) is 31.2 Å². The number of rotatable bonds is 3. The number of nitrogens with zero attached hydrogens (tertiary/aromatic N) is 2. The Morgan fingerprint density at radius 1 is 1.33 bits per heavy atom. The fourth-order valence-corrected chi connectivity index (χ4v) is 1.53. The van der Waals surface area contributed by atoms with E-state index in [1.54, 1.807) is 0 Å². The number of anilines is 1. The third-order valence-electron chi connectivity index (χ3n) is 1.58. The van der Waals surface area contributed by atoms with Crippen LogP contribution in [0.25, 0.3) is 5.53 Å². The lowest BCUT2D eigenvalue weighted by atomic mass is 10.3. The summed E-state index contributed by atoms with van der Waals surface area (Å²) in [6, 6.07) is 5.28. The Kier molecular flexibility index (Phi) is 3.15. The zero-order valence-electron chi connectivity index (χ0n) is 7.84. The summed E-state index contributed by atoms with van der Waals surface area (Å²) in [5.41, 5.74) is 8.70. The molecule has 0 saturated heterocycles. The average Bonchev–Trinajstić information content (AvgIpc) is 2.18. The summed E-state index contributed by atoms with van der Waals surface area (Å²) in [5, 5.41) is 2.47. The van der Waals surface area contributed by atoms with E-state index in [9.17, 15) is 13.2 Å². The number of carbonyl (C=O) groups is 1. The molecule has 0 aliphatic rings. The first-order chi connectivity index (χ1) is 6.95. The lowest BCUT2D eigenvalue weighted by Crippen LogP contribution is -2.05. The van der Waals surface area contributed by atoms with Gasteiger partial charge in [-0.15, -0.1) is 0 Å². The number of sulfonamides is 1. The fourth-order valence-electron chi connectivity index (χ4n) is 0.961. The van der Waals surface area contributed by atoms with Crippen LogP contribution in [0.15, 0.2) is 33.7 Å². The number of amides is 1. The average molecular weight is 226 g/mol. The van der Waals surface area contributed by atoms with Crippen molar-refractivity contribution in [3.8, 4) is 0 Å². The summed E-state index contributed by atoms with van der Waals surface area (Å²) in [5.74, 6) is -0.252. The molecule has 0 aliphatic heterocycles. The lowest BCUT2D eigenvalue weighted by molar-refractivity contribution is -0.114. The van der Waals surface area contributed by atoms with Crippen molar-refractivity contribution < 1.29 is 13.2 Å². The molecule has 0 heterocycles. The van der Waals surface area contributed by atoms with Crippen LogP contribution in [0.3, 0.4) is 0 Å². The Morgan fingerprint density at radius 2 is 1.87 bits per heavy atom. The van der Waals surface area contributed by atoms with Gasteiger partial charge in [-0.05, 0) is 24.3 Å². The highest BCUT2D eigenvalue weighted by molar-refractivity contribution is 7.90. The normalized spacial score (nSPS) is 10.7. The first-order valence-corrected chi connectivity index (χ1v) is 5.39. The minimum atomic E-state index is -3.98. The predicted molar refractivity (Wildman–Crippen MR) is 53.7 cm³/mol. The standard InChI is InChI=1S/C8H8N3O3S/c1-6(12)10-7-2-4-8(5-3-7)15(13,14)11-9/h2-5H,1H3,(H,10,12)/q-1. The second kappa shape index (κ2) is 4.18. The third-order valence-corrected chi connectivity index (χ3v) is 2.66. The van der Waals surface area contributed by atoms with Crippen LogP contribution >= 0.6 is 0 Å². The van der Waals surface area contributed by atoms with Crippen molar-refractivity contribution in [3.05, 3.63) is 29.8 Å². The summed E-state index contributed by atoms with van der Waals surface area (Å²) in [6.07, 6.45) is 0. The van der Waals surface area contributed by atoms with Crippen LogP contribution in [-0.2, 0) is 14.8 Å². The summed E-state index contributed by atoms with van der Waals surface area (Å²) in [6.45, 7) is 1.34. The molecule has 6 nitrogen and oxygen atoms in total. The zero-order chi connectivity index (χ0) is 11.5. The highest BCUT2D eigenvalue weighted by atomic mass is 32.2. The number of benzene rings is 1. The number of nitrogens with one attached hydrogen (secondary N) is 1. The molecule has 1 rings (SSSR count). The molecule has 0 spiro atoms. The van der Waals surface area contributed by atoms with Gasteiger partial charge < -0.3 is 15.4 Å². The molecule has 0 radical (unpaired) electrons. The maximum atomic E-state index is 11.0. The van der Waals surface area contributed by atoms with Crippen molar-refractivity contribution in [1.29, 1.82) is 0 Å². The second-order valence-corrected chi connectivity index (χ2v) is 4.35.